The van der Waals surface area contributed by atoms with E-state index < -0.39 is 0 Å². The van der Waals surface area contributed by atoms with E-state index in [4.69, 9.17) is 4.74 Å². The number of rotatable bonds is 5. The standard InChI is InChI=1S/C14H22O2/c1-4-11-14(3,5-2)13(15)16-12-9-7-6-8-10-12/h6-7,9H,4-5,8,10-11H2,1-3H3. The summed E-state index contributed by atoms with van der Waals surface area (Å²) in [7, 11) is 0. The van der Waals surface area contributed by atoms with Crippen molar-refractivity contribution in [1.29, 1.82) is 0 Å². The normalized spacial score (nSPS) is 18.8. The first-order valence-electron chi connectivity index (χ1n) is 6.20. The van der Waals surface area contributed by atoms with Gasteiger partial charge in [-0.3, -0.25) is 4.79 Å². The highest BCUT2D eigenvalue weighted by Crippen LogP contribution is 2.30. The van der Waals surface area contributed by atoms with Crippen LogP contribution in [0, 0.1) is 5.41 Å². The van der Waals surface area contributed by atoms with Crippen LogP contribution >= 0.6 is 0 Å². The summed E-state index contributed by atoms with van der Waals surface area (Å²) in [5, 5.41) is 0. The molecular weight excluding hydrogens is 200 g/mol. The molecule has 0 fully saturated rings. The molecule has 1 aliphatic rings. The number of hydrogen-bond acceptors (Lipinski definition) is 2. The zero-order chi connectivity index (χ0) is 12.0. The third-order valence-corrected chi connectivity index (χ3v) is 3.27. The minimum absolute atomic E-state index is 0.0709. The first-order chi connectivity index (χ1) is 7.62. The summed E-state index contributed by atoms with van der Waals surface area (Å²) < 4.78 is 5.47. The lowest BCUT2D eigenvalue weighted by Gasteiger charge is -2.26. The summed E-state index contributed by atoms with van der Waals surface area (Å²) in [4.78, 5) is 12.1. The van der Waals surface area contributed by atoms with E-state index in [1.165, 1.54) is 0 Å². The Morgan fingerprint density at radius 3 is 2.75 bits per heavy atom. The lowest BCUT2D eigenvalue weighted by molar-refractivity contribution is -0.151. The van der Waals surface area contributed by atoms with Crippen LogP contribution in [-0.4, -0.2) is 5.97 Å². The molecule has 16 heavy (non-hydrogen) atoms. The molecule has 1 aliphatic carbocycles. The Balaban J connectivity index is 2.62. The Hall–Kier alpha value is -1.05. The summed E-state index contributed by atoms with van der Waals surface area (Å²) in [5.74, 6) is 0.738. The van der Waals surface area contributed by atoms with Gasteiger partial charge in [-0.05, 0) is 32.3 Å². The highest BCUT2D eigenvalue weighted by atomic mass is 16.5. The van der Waals surface area contributed by atoms with E-state index in [-0.39, 0.29) is 11.4 Å². The van der Waals surface area contributed by atoms with Gasteiger partial charge in [0.05, 0.1) is 5.41 Å². The largest absolute Gasteiger partial charge is 0.431 e. The maximum atomic E-state index is 12.1. The average Bonchev–Trinajstić information content (AvgIpc) is 2.30. The highest BCUT2D eigenvalue weighted by molar-refractivity contribution is 5.77. The molecule has 0 N–H and O–H groups in total. The van der Waals surface area contributed by atoms with E-state index in [1.807, 2.05) is 26.0 Å². The minimum Gasteiger partial charge on any atom is -0.431 e. The number of hydrogen-bond donors (Lipinski definition) is 0. The number of carbonyl (C=O) groups excluding carboxylic acids is 1. The number of ether oxygens (including phenoxy) is 1. The molecule has 0 spiro atoms. The molecule has 0 amide bonds. The van der Waals surface area contributed by atoms with Crippen molar-refractivity contribution in [2.75, 3.05) is 0 Å². The number of esters is 1. The lowest BCUT2D eigenvalue weighted by Crippen LogP contribution is -2.29. The zero-order valence-electron chi connectivity index (χ0n) is 10.6. The van der Waals surface area contributed by atoms with Crippen LogP contribution in [0.5, 0.6) is 0 Å². The molecule has 0 aromatic heterocycles. The highest BCUT2D eigenvalue weighted by Gasteiger charge is 2.32. The van der Waals surface area contributed by atoms with Gasteiger partial charge in [0.1, 0.15) is 5.76 Å². The van der Waals surface area contributed by atoms with Gasteiger partial charge in [-0.25, -0.2) is 0 Å². The van der Waals surface area contributed by atoms with Crippen molar-refractivity contribution in [3.8, 4) is 0 Å². The Morgan fingerprint density at radius 2 is 2.25 bits per heavy atom. The van der Waals surface area contributed by atoms with Crippen molar-refractivity contribution in [2.45, 2.75) is 52.9 Å². The summed E-state index contributed by atoms with van der Waals surface area (Å²) in [5.41, 5.74) is -0.323. The number of carbonyl (C=O) groups is 1. The molecule has 0 saturated carbocycles. The van der Waals surface area contributed by atoms with Gasteiger partial charge < -0.3 is 4.74 Å². The predicted molar refractivity (Wildman–Crippen MR) is 65.9 cm³/mol. The number of allylic oxidation sites excluding steroid dienone is 4. The second-order valence-corrected chi connectivity index (χ2v) is 4.65. The smallest absolute Gasteiger partial charge is 0.316 e. The van der Waals surface area contributed by atoms with E-state index in [2.05, 4.69) is 13.0 Å². The molecule has 1 rings (SSSR count). The molecule has 1 unspecified atom stereocenters. The van der Waals surface area contributed by atoms with E-state index >= 15 is 0 Å². The average molecular weight is 222 g/mol. The maximum absolute atomic E-state index is 12.1. The van der Waals surface area contributed by atoms with Gasteiger partial charge >= 0.3 is 5.97 Å². The molecule has 0 aromatic carbocycles. The van der Waals surface area contributed by atoms with Crippen LogP contribution in [0.1, 0.15) is 52.9 Å². The SMILES string of the molecule is CCCC(C)(CC)C(=O)OC1=CC=CCC1. The van der Waals surface area contributed by atoms with Crippen LogP contribution in [0.4, 0.5) is 0 Å². The Kier molecular flexibility index (Phi) is 4.78. The van der Waals surface area contributed by atoms with Crippen molar-refractivity contribution >= 4 is 5.97 Å². The van der Waals surface area contributed by atoms with Crippen molar-refractivity contribution in [1.82, 2.24) is 0 Å². The molecule has 0 bridgehead atoms. The quantitative estimate of drug-likeness (QED) is 0.658. The topological polar surface area (TPSA) is 26.3 Å². The van der Waals surface area contributed by atoms with Crippen LogP contribution in [0.15, 0.2) is 24.0 Å². The first kappa shape index (κ1) is 13.0. The monoisotopic (exact) mass is 222 g/mol. The summed E-state index contributed by atoms with van der Waals surface area (Å²) in [6.07, 6.45) is 10.5. The van der Waals surface area contributed by atoms with E-state index in [0.29, 0.717) is 0 Å². The summed E-state index contributed by atoms with van der Waals surface area (Å²) in [6.45, 7) is 6.15. The van der Waals surface area contributed by atoms with E-state index in [1.54, 1.807) is 0 Å². The molecule has 2 nitrogen and oxygen atoms in total. The molecular formula is C14H22O2. The fourth-order valence-electron chi connectivity index (χ4n) is 1.88. The van der Waals surface area contributed by atoms with E-state index in [0.717, 1.165) is 37.9 Å². The van der Waals surface area contributed by atoms with Crippen molar-refractivity contribution in [2.24, 2.45) is 5.41 Å². The minimum atomic E-state index is -0.323. The van der Waals surface area contributed by atoms with Crippen LogP contribution in [0.3, 0.4) is 0 Å². The van der Waals surface area contributed by atoms with Gasteiger partial charge in [0.2, 0.25) is 0 Å². The Morgan fingerprint density at radius 1 is 1.50 bits per heavy atom. The van der Waals surface area contributed by atoms with Gasteiger partial charge in [-0.15, -0.1) is 0 Å². The first-order valence-corrected chi connectivity index (χ1v) is 6.20. The second-order valence-electron chi connectivity index (χ2n) is 4.65. The molecule has 2 heteroatoms. The van der Waals surface area contributed by atoms with Gasteiger partial charge in [0.25, 0.3) is 0 Å². The van der Waals surface area contributed by atoms with Crippen LogP contribution < -0.4 is 0 Å². The fraction of sp³-hybridized carbons (Fsp3) is 0.643. The summed E-state index contributed by atoms with van der Waals surface area (Å²) in [6, 6.07) is 0. The van der Waals surface area contributed by atoms with Crippen LogP contribution in [0.25, 0.3) is 0 Å². The molecule has 0 heterocycles. The second kappa shape index (κ2) is 5.88. The summed E-state index contributed by atoms with van der Waals surface area (Å²) >= 11 is 0. The van der Waals surface area contributed by atoms with Gasteiger partial charge in [-0.2, -0.15) is 0 Å². The van der Waals surface area contributed by atoms with Crippen LogP contribution in [-0.2, 0) is 9.53 Å². The van der Waals surface area contributed by atoms with Gasteiger partial charge in [-0.1, -0.05) is 32.4 Å². The molecule has 90 valence electrons. The van der Waals surface area contributed by atoms with Crippen molar-refractivity contribution in [3.63, 3.8) is 0 Å². The van der Waals surface area contributed by atoms with Crippen molar-refractivity contribution in [3.05, 3.63) is 24.0 Å². The third kappa shape index (κ3) is 3.22. The lowest BCUT2D eigenvalue weighted by atomic mass is 9.83. The van der Waals surface area contributed by atoms with Crippen molar-refractivity contribution < 1.29 is 9.53 Å². The maximum Gasteiger partial charge on any atom is 0.316 e. The van der Waals surface area contributed by atoms with Gasteiger partial charge in [0, 0.05) is 6.42 Å². The molecule has 1 atom stereocenters. The Labute approximate surface area is 98.4 Å². The van der Waals surface area contributed by atoms with E-state index in [9.17, 15) is 4.79 Å². The van der Waals surface area contributed by atoms with Gasteiger partial charge in [0.15, 0.2) is 0 Å². The third-order valence-electron chi connectivity index (χ3n) is 3.27. The zero-order valence-corrected chi connectivity index (χ0v) is 10.6. The fourth-order valence-corrected chi connectivity index (χ4v) is 1.88. The molecule has 0 radical (unpaired) electrons. The molecule has 0 aromatic rings. The molecule has 0 aliphatic heterocycles. The predicted octanol–water partition coefficient (Wildman–Crippen LogP) is 3.98. The van der Waals surface area contributed by atoms with Crippen LogP contribution in [0.2, 0.25) is 0 Å². The molecule has 0 saturated heterocycles. The Bertz CT molecular complexity index is 302.